The standard InChI is InChI=1S/C11H10F6N2O3/c1-21-7(20)2-6-9(22-11(15,16)17)8(10(12,13)14)5(3-18)4-19-6/h4H,2-3,18H2,1H3. The number of nitrogens with zero attached hydrogens (tertiary/aromatic N) is 1. The first-order chi connectivity index (χ1) is 9.99. The number of rotatable bonds is 4. The Labute approximate surface area is 120 Å². The highest BCUT2D eigenvalue weighted by atomic mass is 19.4. The Hall–Kier alpha value is -2.04. The van der Waals surface area contributed by atoms with E-state index < -0.39 is 54.0 Å². The first-order valence-electron chi connectivity index (χ1n) is 5.60. The van der Waals surface area contributed by atoms with E-state index in [0.29, 0.717) is 6.20 Å². The van der Waals surface area contributed by atoms with Crippen molar-refractivity contribution in [2.45, 2.75) is 25.5 Å². The van der Waals surface area contributed by atoms with Gasteiger partial charge < -0.3 is 15.2 Å². The van der Waals surface area contributed by atoms with Crippen LogP contribution in [0.15, 0.2) is 6.20 Å². The molecule has 22 heavy (non-hydrogen) atoms. The number of methoxy groups -OCH3 is 1. The molecule has 11 heteroatoms. The van der Waals surface area contributed by atoms with Gasteiger partial charge in [-0.05, 0) is 5.56 Å². The zero-order valence-electron chi connectivity index (χ0n) is 11.0. The van der Waals surface area contributed by atoms with E-state index in [1.807, 2.05) is 0 Å². The molecule has 0 unspecified atom stereocenters. The number of nitrogens with two attached hydrogens (primary N) is 1. The van der Waals surface area contributed by atoms with Gasteiger partial charge in [-0.3, -0.25) is 9.78 Å². The van der Waals surface area contributed by atoms with Crippen molar-refractivity contribution in [3.8, 4) is 5.75 Å². The highest BCUT2D eigenvalue weighted by molar-refractivity contribution is 5.73. The van der Waals surface area contributed by atoms with Crippen molar-refractivity contribution >= 4 is 5.97 Å². The molecule has 2 N–H and O–H groups in total. The molecule has 1 heterocycles. The number of hydrogen-bond acceptors (Lipinski definition) is 5. The van der Waals surface area contributed by atoms with Gasteiger partial charge in [0.1, 0.15) is 5.56 Å². The van der Waals surface area contributed by atoms with Crippen LogP contribution in [-0.2, 0) is 28.7 Å². The molecule has 0 aliphatic heterocycles. The predicted molar refractivity (Wildman–Crippen MR) is 59.5 cm³/mol. The van der Waals surface area contributed by atoms with Gasteiger partial charge in [-0.25, -0.2) is 0 Å². The van der Waals surface area contributed by atoms with Crippen molar-refractivity contribution in [2.24, 2.45) is 5.73 Å². The molecule has 0 aliphatic rings. The zero-order chi connectivity index (χ0) is 17.1. The minimum atomic E-state index is -5.40. The second kappa shape index (κ2) is 6.38. The van der Waals surface area contributed by atoms with E-state index in [0.717, 1.165) is 7.11 Å². The molecule has 0 atom stereocenters. The largest absolute Gasteiger partial charge is 0.573 e. The SMILES string of the molecule is COC(=O)Cc1ncc(CN)c(C(F)(F)F)c1OC(F)(F)F. The third kappa shape index (κ3) is 4.48. The van der Waals surface area contributed by atoms with Crippen molar-refractivity contribution in [1.29, 1.82) is 0 Å². The van der Waals surface area contributed by atoms with E-state index in [1.165, 1.54) is 0 Å². The second-order valence-electron chi connectivity index (χ2n) is 3.94. The Morgan fingerprint density at radius 1 is 1.27 bits per heavy atom. The maximum absolute atomic E-state index is 13.0. The number of ether oxygens (including phenoxy) is 2. The molecule has 1 aromatic heterocycles. The van der Waals surface area contributed by atoms with Crippen LogP contribution < -0.4 is 10.5 Å². The van der Waals surface area contributed by atoms with Crippen LogP contribution >= 0.6 is 0 Å². The first-order valence-corrected chi connectivity index (χ1v) is 5.60. The summed E-state index contributed by atoms with van der Waals surface area (Å²) in [4.78, 5) is 14.5. The number of alkyl halides is 6. The molecule has 0 amide bonds. The first kappa shape index (κ1) is 18.0. The molecule has 0 bridgehead atoms. The van der Waals surface area contributed by atoms with Gasteiger partial charge in [0.2, 0.25) is 0 Å². The molecule has 5 nitrogen and oxygen atoms in total. The van der Waals surface area contributed by atoms with Crippen LogP contribution in [0.2, 0.25) is 0 Å². The molecule has 0 spiro atoms. The zero-order valence-corrected chi connectivity index (χ0v) is 11.0. The van der Waals surface area contributed by atoms with Gasteiger partial charge >= 0.3 is 18.5 Å². The number of carbonyl (C=O) groups is 1. The second-order valence-corrected chi connectivity index (χ2v) is 3.94. The Kier molecular flexibility index (Phi) is 5.22. The Bertz CT molecular complexity index is 556. The summed E-state index contributed by atoms with van der Waals surface area (Å²) in [6, 6.07) is 0. The van der Waals surface area contributed by atoms with E-state index in [9.17, 15) is 31.1 Å². The maximum atomic E-state index is 13.0. The smallest absolute Gasteiger partial charge is 0.469 e. The average Bonchev–Trinajstić information content (AvgIpc) is 2.36. The highest BCUT2D eigenvalue weighted by Gasteiger charge is 2.43. The fraction of sp³-hybridized carbons (Fsp3) is 0.455. The third-order valence-corrected chi connectivity index (χ3v) is 2.45. The minimum absolute atomic E-state index is 0.643. The molecule has 1 aromatic rings. The molecular weight excluding hydrogens is 322 g/mol. The molecule has 0 aromatic carbocycles. The van der Waals surface area contributed by atoms with Crippen LogP contribution in [0.3, 0.4) is 0 Å². The summed E-state index contributed by atoms with van der Waals surface area (Å²) in [6.45, 7) is -0.714. The van der Waals surface area contributed by atoms with E-state index in [1.54, 1.807) is 0 Å². The Morgan fingerprint density at radius 2 is 1.86 bits per heavy atom. The van der Waals surface area contributed by atoms with Gasteiger partial charge in [-0.1, -0.05) is 0 Å². The van der Waals surface area contributed by atoms with Gasteiger partial charge in [-0.2, -0.15) is 13.2 Å². The fourth-order valence-electron chi connectivity index (χ4n) is 1.60. The van der Waals surface area contributed by atoms with Crippen LogP contribution in [0.25, 0.3) is 0 Å². The molecule has 0 radical (unpaired) electrons. The molecule has 0 saturated heterocycles. The van der Waals surface area contributed by atoms with Crippen LogP contribution in [0.4, 0.5) is 26.3 Å². The van der Waals surface area contributed by atoms with Crippen LogP contribution in [0, 0.1) is 0 Å². The maximum Gasteiger partial charge on any atom is 0.573 e. The summed E-state index contributed by atoms with van der Waals surface area (Å²) < 4.78 is 83.8. The predicted octanol–water partition coefficient (Wildman–Crippen LogP) is 2.17. The van der Waals surface area contributed by atoms with Gasteiger partial charge in [0, 0.05) is 12.7 Å². The van der Waals surface area contributed by atoms with Crippen molar-refractivity contribution < 1.29 is 40.6 Å². The summed E-state index contributed by atoms with van der Waals surface area (Å²) in [7, 11) is 0.922. The third-order valence-electron chi connectivity index (χ3n) is 2.45. The van der Waals surface area contributed by atoms with E-state index in [4.69, 9.17) is 5.73 Å². The lowest BCUT2D eigenvalue weighted by Gasteiger charge is -2.20. The molecule has 0 aliphatic carbocycles. The fourth-order valence-corrected chi connectivity index (χ4v) is 1.60. The van der Waals surface area contributed by atoms with Crippen LogP contribution in [0.1, 0.15) is 16.8 Å². The normalized spacial score (nSPS) is 12.2. The topological polar surface area (TPSA) is 74.4 Å². The number of esters is 1. The average molecular weight is 332 g/mol. The molecule has 1 rings (SSSR count). The Balaban J connectivity index is 3.54. The van der Waals surface area contributed by atoms with Gasteiger partial charge in [0.25, 0.3) is 0 Å². The highest BCUT2D eigenvalue weighted by Crippen LogP contribution is 2.42. The summed E-state index contributed by atoms with van der Waals surface area (Å²) in [6.07, 6.45) is -10.9. The van der Waals surface area contributed by atoms with E-state index in [2.05, 4.69) is 14.5 Å². The number of halogens is 6. The summed E-state index contributed by atoms with van der Waals surface area (Å²) >= 11 is 0. The number of pyridine rings is 1. The Morgan fingerprint density at radius 3 is 2.27 bits per heavy atom. The molecular formula is C11H10F6N2O3. The number of carbonyl (C=O) groups excluding carboxylic acids is 1. The van der Waals surface area contributed by atoms with Crippen molar-refractivity contribution in [2.75, 3.05) is 7.11 Å². The summed E-state index contributed by atoms with van der Waals surface area (Å²) in [5, 5.41) is 0. The van der Waals surface area contributed by atoms with E-state index >= 15 is 0 Å². The van der Waals surface area contributed by atoms with Gasteiger partial charge in [0.15, 0.2) is 5.75 Å². The monoisotopic (exact) mass is 332 g/mol. The molecule has 0 saturated carbocycles. The number of aromatic nitrogens is 1. The van der Waals surface area contributed by atoms with Crippen molar-refractivity contribution in [3.63, 3.8) is 0 Å². The lowest BCUT2D eigenvalue weighted by Crippen LogP contribution is -2.24. The summed E-state index contributed by atoms with van der Waals surface area (Å²) in [5.74, 6) is -2.68. The van der Waals surface area contributed by atoms with Crippen LogP contribution in [0.5, 0.6) is 5.75 Å². The molecule has 124 valence electrons. The van der Waals surface area contributed by atoms with Crippen LogP contribution in [-0.4, -0.2) is 24.4 Å². The summed E-state index contributed by atoms with van der Waals surface area (Å²) in [5.41, 5.74) is 1.82. The van der Waals surface area contributed by atoms with Gasteiger partial charge in [0.05, 0.1) is 19.2 Å². The van der Waals surface area contributed by atoms with Crippen molar-refractivity contribution in [1.82, 2.24) is 4.98 Å². The quantitative estimate of drug-likeness (QED) is 0.676. The van der Waals surface area contributed by atoms with E-state index in [-0.39, 0.29) is 0 Å². The lowest BCUT2D eigenvalue weighted by atomic mass is 10.1. The minimum Gasteiger partial charge on any atom is -0.469 e. The van der Waals surface area contributed by atoms with Gasteiger partial charge in [-0.15, -0.1) is 13.2 Å². The lowest BCUT2D eigenvalue weighted by molar-refractivity contribution is -0.276. The van der Waals surface area contributed by atoms with Crippen molar-refractivity contribution in [3.05, 3.63) is 23.0 Å². The molecule has 0 fully saturated rings. The number of hydrogen-bond donors (Lipinski definition) is 1.